The number of benzene rings is 2. The molecule has 0 aromatic heterocycles. The Morgan fingerprint density at radius 2 is 1.52 bits per heavy atom. The number of morpholine rings is 1. The largest absolute Gasteiger partial charge is 0.379 e. The molecular formula is C23H28N4O5S. The van der Waals surface area contributed by atoms with Crippen molar-refractivity contribution in [2.75, 3.05) is 44.7 Å². The number of ether oxygens (including phenoxy) is 1. The van der Waals surface area contributed by atoms with Crippen LogP contribution in [0.15, 0.2) is 59.5 Å². The van der Waals surface area contributed by atoms with Gasteiger partial charge < -0.3 is 20.3 Å². The average molecular weight is 473 g/mol. The predicted octanol–water partition coefficient (Wildman–Crippen LogP) is 2.13. The molecule has 2 aromatic rings. The van der Waals surface area contributed by atoms with Crippen molar-refractivity contribution in [2.45, 2.75) is 23.8 Å². The highest BCUT2D eigenvalue weighted by atomic mass is 32.2. The van der Waals surface area contributed by atoms with Gasteiger partial charge in [-0.1, -0.05) is 18.2 Å². The molecule has 2 N–H and O–H groups in total. The molecule has 0 spiro atoms. The molecule has 2 fully saturated rings. The van der Waals surface area contributed by atoms with Crippen molar-refractivity contribution in [3.63, 3.8) is 0 Å². The van der Waals surface area contributed by atoms with E-state index in [0.717, 1.165) is 5.69 Å². The van der Waals surface area contributed by atoms with Crippen LogP contribution in [0.5, 0.6) is 0 Å². The molecule has 176 valence electrons. The molecule has 2 aliphatic rings. The lowest BCUT2D eigenvalue weighted by atomic mass is 10.0. The lowest BCUT2D eigenvalue weighted by Crippen LogP contribution is -2.47. The first-order chi connectivity index (χ1) is 15.9. The number of piperidine rings is 1. The number of nitrogens with zero attached hydrogens (tertiary/aromatic N) is 2. The van der Waals surface area contributed by atoms with Crippen molar-refractivity contribution in [3.8, 4) is 0 Å². The second-order valence-corrected chi connectivity index (χ2v) is 10.0. The van der Waals surface area contributed by atoms with Gasteiger partial charge in [0.25, 0.3) is 5.91 Å². The van der Waals surface area contributed by atoms with Gasteiger partial charge >= 0.3 is 6.03 Å². The standard InChI is InChI=1S/C23H28N4O5S/c28-22(18-6-8-21(9-7-18)33(30,31)27-14-16-32-17-15-27)26-12-10-20(11-13-26)25-23(29)24-19-4-2-1-3-5-19/h1-9,20H,10-17H2,(H2,24,25,29). The number of anilines is 1. The Bertz CT molecular complexity index is 1060. The molecule has 9 nitrogen and oxygen atoms in total. The van der Waals surface area contributed by atoms with Crippen molar-refractivity contribution in [3.05, 3.63) is 60.2 Å². The molecule has 0 radical (unpaired) electrons. The molecule has 2 aliphatic heterocycles. The van der Waals surface area contributed by atoms with E-state index in [9.17, 15) is 18.0 Å². The monoisotopic (exact) mass is 472 g/mol. The number of para-hydroxylation sites is 1. The van der Waals surface area contributed by atoms with Crippen LogP contribution in [0.2, 0.25) is 0 Å². The van der Waals surface area contributed by atoms with E-state index in [1.54, 1.807) is 17.0 Å². The third kappa shape index (κ3) is 5.70. The molecule has 2 aromatic carbocycles. The van der Waals surface area contributed by atoms with Crippen LogP contribution in [0.4, 0.5) is 10.5 Å². The summed E-state index contributed by atoms with van der Waals surface area (Å²) in [4.78, 5) is 27.0. The van der Waals surface area contributed by atoms with E-state index >= 15 is 0 Å². The summed E-state index contributed by atoms with van der Waals surface area (Å²) in [5.74, 6) is -0.141. The molecule has 0 atom stereocenters. The first-order valence-electron chi connectivity index (χ1n) is 11.0. The number of carbonyl (C=O) groups is 2. The second-order valence-electron chi connectivity index (χ2n) is 8.07. The maximum absolute atomic E-state index is 12.9. The zero-order valence-corrected chi connectivity index (χ0v) is 19.1. The highest BCUT2D eigenvalue weighted by molar-refractivity contribution is 7.89. The van der Waals surface area contributed by atoms with Crippen LogP contribution < -0.4 is 10.6 Å². The minimum Gasteiger partial charge on any atom is -0.379 e. The first-order valence-corrected chi connectivity index (χ1v) is 12.5. The lowest BCUT2D eigenvalue weighted by Gasteiger charge is -2.32. The van der Waals surface area contributed by atoms with E-state index in [-0.39, 0.29) is 22.9 Å². The smallest absolute Gasteiger partial charge is 0.319 e. The van der Waals surface area contributed by atoms with E-state index in [2.05, 4.69) is 10.6 Å². The molecule has 2 heterocycles. The molecule has 0 aliphatic carbocycles. The fourth-order valence-electron chi connectivity index (χ4n) is 3.99. The van der Waals surface area contributed by atoms with Crippen molar-refractivity contribution in [1.29, 1.82) is 0 Å². The normalized spacial score (nSPS) is 18.0. The number of hydrogen-bond acceptors (Lipinski definition) is 5. The predicted molar refractivity (Wildman–Crippen MR) is 124 cm³/mol. The zero-order chi connectivity index (χ0) is 23.3. The number of carbonyl (C=O) groups excluding carboxylic acids is 2. The van der Waals surface area contributed by atoms with E-state index in [4.69, 9.17) is 4.74 Å². The second kappa shape index (κ2) is 10.3. The summed E-state index contributed by atoms with van der Waals surface area (Å²) in [6, 6.07) is 15.0. The maximum Gasteiger partial charge on any atom is 0.319 e. The van der Waals surface area contributed by atoms with Crippen molar-refractivity contribution < 1.29 is 22.7 Å². The molecule has 3 amide bonds. The molecule has 33 heavy (non-hydrogen) atoms. The third-order valence-corrected chi connectivity index (χ3v) is 7.77. The number of hydrogen-bond donors (Lipinski definition) is 2. The Morgan fingerprint density at radius 1 is 0.879 bits per heavy atom. The summed E-state index contributed by atoms with van der Waals surface area (Å²) in [5.41, 5.74) is 1.17. The van der Waals surface area contributed by atoms with Crippen LogP contribution in [0.1, 0.15) is 23.2 Å². The van der Waals surface area contributed by atoms with Gasteiger partial charge in [0, 0.05) is 43.5 Å². The quantitative estimate of drug-likeness (QED) is 0.693. The molecular weight excluding hydrogens is 444 g/mol. The Morgan fingerprint density at radius 3 is 2.15 bits per heavy atom. The van der Waals surface area contributed by atoms with Crippen LogP contribution in [-0.2, 0) is 14.8 Å². The number of likely N-dealkylation sites (tertiary alicyclic amines) is 1. The Hall–Kier alpha value is -2.95. The third-order valence-electron chi connectivity index (χ3n) is 5.86. The topological polar surface area (TPSA) is 108 Å². The fourth-order valence-corrected chi connectivity index (χ4v) is 5.40. The van der Waals surface area contributed by atoms with Crippen molar-refractivity contribution in [2.24, 2.45) is 0 Å². The van der Waals surface area contributed by atoms with Gasteiger partial charge in [-0.3, -0.25) is 4.79 Å². The number of urea groups is 1. The highest BCUT2D eigenvalue weighted by Crippen LogP contribution is 2.20. The van der Waals surface area contributed by atoms with E-state index < -0.39 is 10.0 Å². The minimum atomic E-state index is -3.59. The Labute approximate surface area is 193 Å². The first kappa shape index (κ1) is 23.2. The van der Waals surface area contributed by atoms with Gasteiger partial charge in [0.15, 0.2) is 0 Å². The SMILES string of the molecule is O=C(Nc1ccccc1)NC1CCN(C(=O)c2ccc(S(=O)(=O)N3CCOCC3)cc2)CC1. The van der Waals surface area contributed by atoms with Gasteiger partial charge in [0.2, 0.25) is 10.0 Å². The zero-order valence-electron chi connectivity index (χ0n) is 18.3. The molecule has 0 saturated carbocycles. The molecule has 2 saturated heterocycles. The number of amides is 3. The summed E-state index contributed by atoms with van der Waals surface area (Å²) in [5, 5.41) is 5.75. The summed E-state index contributed by atoms with van der Waals surface area (Å²) in [7, 11) is -3.59. The van der Waals surface area contributed by atoms with Crippen molar-refractivity contribution in [1.82, 2.24) is 14.5 Å². The average Bonchev–Trinajstić information content (AvgIpc) is 2.85. The van der Waals surface area contributed by atoms with Crippen LogP contribution in [0.3, 0.4) is 0 Å². The van der Waals surface area contributed by atoms with Gasteiger partial charge in [0.05, 0.1) is 18.1 Å². The number of rotatable bonds is 5. The van der Waals surface area contributed by atoms with Crippen LogP contribution in [0, 0.1) is 0 Å². The molecule has 10 heteroatoms. The van der Waals surface area contributed by atoms with Crippen molar-refractivity contribution >= 4 is 27.6 Å². The summed E-state index contributed by atoms with van der Waals surface area (Å²) < 4.78 is 32.1. The lowest BCUT2D eigenvalue weighted by molar-refractivity contribution is 0.0708. The number of sulfonamides is 1. The summed E-state index contributed by atoms with van der Waals surface area (Å²) in [6.07, 6.45) is 1.30. The van der Waals surface area contributed by atoms with Gasteiger partial charge in [-0.15, -0.1) is 0 Å². The summed E-state index contributed by atoms with van der Waals surface area (Å²) in [6.45, 7) is 2.46. The van der Waals surface area contributed by atoms with E-state index in [1.807, 2.05) is 30.3 Å². The number of nitrogens with one attached hydrogen (secondary N) is 2. The molecule has 0 unspecified atom stereocenters. The Balaban J connectivity index is 1.29. The maximum atomic E-state index is 12.9. The Kier molecular flexibility index (Phi) is 7.26. The van der Waals surface area contributed by atoms with E-state index in [0.29, 0.717) is 57.8 Å². The van der Waals surface area contributed by atoms with Gasteiger partial charge in [-0.2, -0.15) is 4.31 Å². The molecule has 0 bridgehead atoms. The van der Waals surface area contributed by atoms with Gasteiger partial charge in [-0.25, -0.2) is 13.2 Å². The van der Waals surface area contributed by atoms with Crippen LogP contribution >= 0.6 is 0 Å². The van der Waals surface area contributed by atoms with Gasteiger partial charge in [-0.05, 0) is 49.2 Å². The minimum absolute atomic E-state index is 0.0150. The fraction of sp³-hybridized carbons (Fsp3) is 0.391. The van der Waals surface area contributed by atoms with Gasteiger partial charge in [0.1, 0.15) is 0 Å². The summed E-state index contributed by atoms with van der Waals surface area (Å²) >= 11 is 0. The van der Waals surface area contributed by atoms with Crippen LogP contribution in [-0.4, -0.2) is 75.0 Å². The van der Waals surface area contributed by atoms with Crippen LogP contribution in [0.25, 0.3) is 0 Å². The molecule has 4 rings (SSSR count). The highest BCUT2D eigenvalue weighted by Gasteiger charge is 2.28. The van der Waals surface area contributed by atoms with E-state index in [1.165, 1.54) is 16.4 Å².